The van der Waals surface area contributed by atoms with Gasteiger partial charge in [-0.3, -0.25) is 4.79 Å². The Kier molecular flexibility index (Phi) is 5.93. The Morgan fingerprint density at radius 1 is 1.22 bits per heavy atom. The quantitative estimate of drug-likeness (QED) is 0.812. The van der Waals surface area contributed by atoms with Gasteiger partial charge in [0.1, 0.15) is 0 Å². The van der Waals surface area contributed by atoms with Gasteiger partial charge < -0.3 is 10.6 Å². The van der Waals surface area contributed by atoms with Crippen molar-refractivity contribution < 1.29 is 4.79 Å². The smallest absolute Gasteiger partial charge is 0.224 e. The first-order chi connectivity index (χ1) is 8.09. The number of amides is 1. The largest absolute Gasteiger partial charge is 0.353 e. The van der Waals surface area contributed by atoms with Gasteiger partial charge in [0.2, 0.25) is 5.91 Å². The Morgan fingerprint density at radius 2 is 2.00 bits per heavy atom. The minimum Gasteiger partial charge on any atom is -0.353 e. The van der Waals surface area contributed by atoms with Crippen LogP contribution < -0.4 is 10.6 Å². The SMILES string of the molecule is CC1(C)CCCCC1NC(=O)C1CCCNC1.Cl. The van der Waals surface area contributed by atoms with E-state index in [1.165, 1.54) is 19.3 Å². The van der Waals surface area contributed by atoms with Crippen LogP contribution in [-0.4, -0.2) is 25.0 Å². The zero-order chi connectivity index (χ0) is 12.3. The summed E-state index contributed by atoms with van der Waals surface area (Å²) in [5.41, 5.74) is 0.274. The fourth-order valence-corrected chi connectivity index (χ4v) is 3.13. The third-order valence-corrected chi connectivity index (χ3v) is 4.49. The summed E-state index contributed by atoms with van der Waals surface area (Å²) in [6.45, 7) is 6.50. The Morgan fingerprint density at radius 3 is 2.61 bits per heavy atom. The predicted molar refractivity (Wildman–Crippen MR) is 77.0 cm³/mol. The number of piperidine rings is 1. The number of carbonyl (C=O) groups excluding carboxylic acids is 1. The molecule has 1 heterocycles. The first-order valence-electron chi connectivity index (χ1n) is 7.11. The van der Waals surface area contributed by atoms with Gasteiger partial charge >= 0.3 is 0 Å². The van der Waals surface area contributed by atoms with Crippen LogP contribution in [0.3, 0.4) is 0 Å². The van der Waals surface area contributed by atoms with Crippen LogP contribution in [0.25, 0.3) is 0 Å². The lowest BCUT2D eigenvalue weighted by molar-refractivity contribution is -0.127. The molecule has 106 valence electrons. The molecule has 2 atom stereocenters. The Labute approximate surface area is 117 Å². The first kappa shape index (κ1) is 15.8. The molecule has 2 rings (SSSR count). The second-order valence-electron chi connectivity index (χ2n) is 6.34. The van der Waals surface area contributed by atoms with Gasteiger partial charge in [0.15, 0.2) is 0 Å². The molecule has 2 N–H and O–H groups in total. The van der Waals surface area contributed by atoms with E-state index in [-0.39, 0.29) is 29.6 Å². The van der Waals surface area contributed by atoms with Crippen LogP contribution in [0.5, 0.6) is 0 Å². The van der Waals surface area contributed by atoms with Gasteiger partial charge in [-0.05, 0) is 37.6 Å². The maximum absolute atomic E-state index is 12.2. The molecule has 1 aliphatic heterocycles. The van der Waals surface area contributed by atoms with E-state index in [9.17, 15) is 4.79 Å². The number of nitrogens with one attached hydrogen (secondary N) is 2. The zero-order valence-electron chi connectivity index (χ0n) is 11.6. The second-order valence-corrected chi connectivity index (χ2v) is 6.34. The fraction of sp³-hybridized carbons (Fsp3) is 0.929. The molecule has 1 aliphatic carbocycles. The summed E-state index contributed by atoms with van der Waals surface area (Å²) in [5.74, 6) is 0.471. The molecule has 0 aromatic rings. The van der Waals surface area contributed by atoms with E-state index in [1.807, 2.05) is 0 Å². The highest BCUT2D eigenvalue weighted by Crippen LogP contribution is 2.35. The second kappa shape index (κ2) is 6.76. The van der Waals surface area contributed by atoms with Crippen molar-refractivity contribution in [2.75, 3.05) is 13.1 Å². The molecule has 0 aromatic carbocycles. The third-order valence-electron chi connectivity index (χ3n) is 4.49. The molecule has 2 unspecified atom stereocenters. The number of rotatable bonds is 2. The van der Waals surface area contributed by atoms with Crippen molar-refractivity contribution in [3.05, 3.63) is 0 Å². The molecule has 0 bridgehead atoms. The molecule has 2 aliphatic rings. The predicted octanol–water partition coefficient (Wildman–Crippen LogP) is 2.49. The number of carbonyl (C=O) groups is 1. The van der Waals surface area contributed by atoms with Gasteiger partial charge in [-0.1, -0.05) is 26.7 Å². The number of hydrogen-bond donors (Lipinski definition) is 2. The van der Waals surface area contributed by atoms with Crippen LogP contribution >= 0.6 is 12.4 Å². The molecular weight excluding hydrogens is 248 g/mol. The van der Waals surface area contributed by atoms with Crippen molar-refractivity contribution in [2.24, 2.45) is 11.3 Å². The van der Waals surface area contributed by atoms with E-state index < -0.39 is 0 Å². The van der Waals surface area contributed by atoms with Crippen LogP contribution in [0.1, 0.15) is 52.4 Å². The van der Waals surface area contributed by atoms with Gasteiger partial charge in [-0.15, -0.1) is 12.4 Å². The molecule has 0 aromatic heterocycles. The van der Waals surface area contributed by atoms with Crippen LogP contribution in [0.15, 0.2) is 0 Å². The van der Waals surface area contributed by atoms with Crippen LogP contribution in [-0.2, 0) is 4.79 Å². The molecule has 0 radical (unpaired) electrons. The van der Waals surface area contributed by atoms with Gasteiger partial charge in [-0.25, -0.2) is 0 Å². The minimum atomic E-state index is 0. The van der Waals surface area contributed by atoms with Gasteiger partial charge in [0.05, 0.1) is 5.92 Å². The first-order valence-corrected chi connectivity index (χ1v) is 7.11. The topological polar surface area (TPSA) is 41.1 Å². The molecular formula is C14H27ClN2O. The maximum Gasteiger partial charge on any atom is 0.224 e. The van der Waals surface area contributed by atoms with Crippen molar-refractivity contribution >= 4 is 18.3 Å². The van der Waals surface area contributed by atoms with Gasteiger partial charge in [0, 0.05) is 12.6 Å². The lowest BCUT2D eigenvalue weighted by Gasteiger charge is -2.40. The third kappa shape index (κ3) is 3.86. The van der Waals surface area contributed by atoms with Crippen LogP contribution in [0, 0.1) is 11.3 Å². The van der Waals surface area contributed by atoms with Crippen molar-refractivity contribution in [2.45, 2.75) is 58.4 Å². The average Bonchev–Trinajstić information content (AvgIpc) is 2.33. The average molecular weight is 275 g/mol. The van der Waals surface area contributed by atoms with E-state index in [4.69, 9.17) is 0 Å². The summed E-state index contributed by atoms with van der Waals surface area (Å²) in [7, 11) is 0. The van der Waals surface area contributed by atoms with Gasteiger partial charge in [0.25, 0.3) is 0 Å². The molecule has 1 amide bonds. The number of hydrogen-bond acceptors (Lipinski definition) is 2. The summed E-state index contributed by atoms with van der Waals surface area (Å²) in [6, 6.07) is 0.380. The maximum atomic E-state index is 12.2. The minimum absolute atomic E-state index is 0. The lowest BCUT2D eigenvalue weighted by atomic mass is 9.73. The van der Waals surface area contributed by atoms with Crippen LogP contribution in [0.4, 0.5) is 0 Å². The summed E-state index contributed by atoms with van der Waals surface area (Å²) in [6.07, 6.45) is 7.14. The highest BCUT2D eigenvalue weighted by Gasteiger charge is 2.34. The number of halogens is 1. The normalized spacial score (nSPS) is 31.2. The van der Waals surface area contributed by atoms with E-state index in [2.05, 4.69) is 24.5 Å². The summed E-state index contributed by atoms with van der Waals surface area (Å²) in [5, 5.41) is 6.61. The van der Waals surface area contributed by atoms with E-state index in [0.29, 0.717) is 6.04 Å². The van der Waals surface area contributed by atoms with Crippen LogP contribution in [0.2, 0.25) is 0 Å². The molecule has 0 spiro atoms. The fourth-order valence-electron chi connectivity index (χ4n) is 3.13. The molecule has 1 saturated heterocycles. The standard InChI is InChI=1S/C14H26N2O.ClH/c1-14(2)8-4-3-7-12(14)16-13(17)11-6-5-9-15-10-11;/h11-12,15H,3-10H2,1-2H3,(H,16,17);1H. The van der Waals surface area contributed by atoms with Crippen molar-refractivity contribution in [1.82, 2.24) is 10.6 Å². The van der Waals surface area contributed by atoms with E-state index >= 15 is 0 Å². The molecule has 18 heavy (non-hydrogen) atoms. The summed E-state index contributed by atoms with van der Waals surface area (Å²) < 4.78 is 0. The highest BCUT2D eigenvalue weighted by molar-refractivity contribution is 5.85. The van der Waals surface area contributed by atoms with Crippen molar-refractivity contribution in [1.29, 1.82) is 0 Å². The zero-order valence-corrected chi connectivity index (χ0v) is 12.4. The Hall–Kier alpha value is -0.280. The Bertz CT molecular complexity index is 275. The van der Waals surface area contributed by atoms with E-state index in [1.54, 1.807) is 0 Å². The summed E-state index contributed by atoms with van der Waals surface area (Å²) in [4.78, 5) is 12.2. The van der Waals surface area contributed by atoms with Gasteiger partial charge in [-0.2, -0.15) is 0 Å². The molecule has 3 nitrogen and oxygen atoms in total. The molecule has 4 heteroatoms. The Balaban J connectivity index is 0.00000162. The monoisotopic (exact) mass is 274 g/mol. The highest BCUT2D eigenvalue weighted by atomic mass is 35.5. The molecule has 2 fully saturated rings. The van der Waals surface area contributed by atoms with Crippen molar-refractivity contribution in [3.8, 4) is 0 Å². The van der Waals surface area contributed by atoms with E-state index in [0.717, 1.165) is 32.4 Å². The molecule has 1 saturated carbocycles. The van der Waals surface area contributed by atoms with Crippen molar-refractivity contribution in [3.63, 3.8) is 0 Å². The summed E-state index contributed by atoms with van der Waals surface area (Å²) >= 11 is 0. The lowest BCUT2D eigenvalue weighted by Crippen LogP contribution is -2.50.